The molecule has 0 unspecified atom stereocenters. The van der Waals surface area contributed by atoms with Crippen LogP contribution in [0.25, 0.3) is 10.9 Å². The Morgan fingerprint density at radius 2 is 1.96 bits per heavy atom. The van der Waals surface area contributed by atoms with Gasteiger partial charge in [0.25, 0.3) is 11.5 Å². The maximum Gasteiger partial charge on any atom is 0.267 e. The van der Waals surface area contributed by atoms with Crippen molar-refractivity contribution in [3.05, 3.63) is 68.5 Å². The van der Waals surface area contributed by atoms with Gasteiger partial charge in [-0.2, -0.15) is 0 Å². The van der Waals surface area contributed by atoms with Gasteiger partial charge in [-0.1, -0.05) is 17.7 Å². The summed E-state index contributed by atoms with van der Waals surface area (Å²) in [5.74, 6) is -0.903. The summed E-state index contributed by atoms with van der Waals surface area (Å²) in [4.78, 5) is 25.4. The number of halogens is 1. The summed E-state index contributed by atoms with van der Waals surface area (Å²) in [6.07, 6.45) is 0.717. The zero-order valence-corrected chi connectivity index (χ0v) is 14.2. The number of hydrogen-bond acceptors (Lipinski definition) is 3. The third-order valence-electron chi connectivity index (χ3n) is 4.49. The first-order valence-corrected chi connectivity index (χ1v) is 8.29. The average molecular weight is 355 g/mol. The van der Waals surface area contributed by atoms with Gasteiger partial charge in [0.05, 0.1) is 5.52 Å². The zero-order chi connectivity index (χ0) is 17.7. The van der Waals surface area contributed by atoms with E-state index in [-0.39, 0.29) is 11.3 Å². The molecule has 4 rings (SSSR count). The Morgan fingerprint density at radius 1 is 1.24 bits per heavy atom. The van der Waals surface area contributed by atoms with Gasteiger partial charge in [0.2, 0.25) is 0 Å². The van der Waals surface area contributed by atoms with Crippen LogP contribution in [0.2, 0.25) is 5.02 Å². The molecule has 1 aliphatic heterocycles. The van der Waals surface area contributed by atoms with Crippen LogP contribution in [0.1, 0.15) is 21.5 Å². The normalized spacial score (nSPS) is 12.6. The molecule has 0 bridgehead atoms. The smallest absolute Gasteiger partial charge is 0.267 e. The second kappa shape index (κ2) is 5.63. The Morgan fingerprint density at radius 3 is 2.68 bits per heavy atom. The number of aryl methyl sites for hydroxylation is 3. The molecular weight excluding hydrogens is 340 g/mol. The minimum Gasteiger partial charge on any atom is -0.506 e. The van der Waals surface area contributed by atoms with Crippen molar-refractivity contribution in [3.63, 3.8) is 0 Å². The molecule has 0 saturated heterocycles. The van der Waals surface area contributed by atoms with Crippen LogP contribution in [0, 0.1) is 6.92 Å². The lowest BCUT2D eigenvalue weighted by molar-refractivity contribution is 0.102. The van der Waals surface area contributed by atoms with E-state index in [1.54, 1.807) is 34.9 Å². The maximum absolute atomic E-state index is 12.8. The summed E-state index contributed by atoms with van der Waals surface area (Å²) in [6, 6.07) is 10.4. The lowest BCUT2D eigenvalue weighted by Crippen LogP contribution is -2.28. The molecule has 1 aliphatic rings. The van der Waals surface area contributed by atoms with Crippen molar-refractivity contribution >= 4 is 34.1 Å². The highest BCUT2D eigenvalue weighted by Gasteiger charge is 2.26. The number of nitrogens with zero attached hydrogens (tertiary/aromatic N) is 1. The van der Waals surface area contributed by atoms with Crippen molar-refractivity contribution in [1.29, 1.82) is 0 Å². The lowest BCUT2D eigenvalue weighted by atomic mass is 10.0. The van der Waals surface area contributed by atoms with Gasteiger partial charge >= 0.3 is 0 Å². The van der Waals surface area contributed by atoms with Crippen molar-refractivity contribution in [1.82, 2.24) is 4.57 Å². The van der Waals surface area contributed by atoms with E-state index in [1.165, 1.54) is 0 Å². The molecule has 0 spiro atoms. The molecule has 0 radical (unpaired) electrons. The summed E-state index contributed by atoms with van der Waals surface area (Å²) >= 11 is 5.84. The summed E-state index contributed by atoms with van der Waals surface area (Å²) in [5.41, 5.74) is 2.51. The highest BCUT2D eigenvalue weighted by molar-refractivity contribution is 6.30. The van der Waals surface area contributed by atoms with E-state index < -0.39 is 11.5 Å². The topological polar surface area (TPSA) is 71.3 Å². The van der Waals surface area contributed by atoms with E-state index in [1.807, 2.05) is 13.0 Å². The van der Waals surface area contributed by atoms with E-state index >= 15 is 0 Å². The summed E-state index contributed by atoms with van der Waals surface area (Å²) in [7, 11) is 0. The average Bonchev–Trinajstić information content (AvgIpc) is 2.99. The molecular formula is C19H15ClN2O3. The molecule has 5 nitrogen and oxygen atoms in total. The van der Waals surface area contributed by atoms with Gasteiger partial charge < -0.3 is 15.0 Å². The molecule has 2 heterocycles. The molecule has 3 aromatic rings. The van der Waals surface area contributed by atoms with Crippen molar-refractivity contribution in [2.45, 2.75) is 19.9 Å². The molecule has 6 heteroatoms. The first-order chi connectivity index (χ1) is 12.0. The molecule has 1 aromatic heterocycles. The highest BCUT2D eigenvalue weighted by atomic mass is 35.5. The molecule has 0 aliphatic carbocycles. The summed E-state index contributed by atoms with van der Waals surface area (Å²) in [5, 5.41) is 14.4. The Bertz CT molecular complexity index is 1080. The lowest BCUT2D eigenvalue weighted by Gasteiger charge is -2.12. The summed E-state index contributed by atoms with van der Waals surface area (Å²) < 4.78 is 1.57. The quantitative estimate of drug-likeness (QED) is 0.740. The largest absolute Gasteiger partial charge is 0.506 e. The van der Waals surface area contributed by atoms with Crippen LogP contribution in [0.5, 0.6) is 5.75 Å². The van der Waals surface area contributed by atoms with Gasteiger partial charge in [-0.15, -0.1) is 0 Å². The Balaban J connectivity index is 1.87. The Labute approximate surface area is 148 Å². The van der Waals surface area contributed by atoms with Gasteiger partial charge in [-0.25, -0.2) is 0 Å². The second-order valence-corrected chi connectivity index (χ2v) is 6.65. The number of benzene rings is 2. The first kappa shape index (κ1) is 15.7. The van der Waals surface area contributed by atoms with E-state index in [0.717, 1.165) is 23.1 Å². The van der Waals surface area contributed by atoms with E-state index in [9.17, 15) is 14.7 Å². The van der Waals surface area contributed by atoms with Gasteiger partial charge in [0.15, 0.2) is 0 Å². The number of aromatic nitrogens is 1. The third kappa shape index (κ3) is 2.48. The van der Waals surface area contributed by atoms with Crippen molar-refractivity contribution in [3.8, 4) is 5.75 Å². The molecule has 25 heavy (non-hydrogen) atoms. The fourth-order valence-electron chi connectivity index (χ4n) is 3.39. The van der Waals surface area contributed by atoms with E-state index in [4.69, 9.17) is 11.6 Å². The standard InChI is InChI=1S/C19H15ClN2O3/c1-10-8-11-6-7-22-16(11)14(9-10)17(23)15(19(22)25)18(24)21-13-4-2-12(20)3-5-13/h2-5,8-9,23H,6-7H2,1H3,(H,21,24). The van der Waals surface area contributed by atoms with Crippen molar-refractivity contribution < 1.29 is 9.90 Å². The van der Waals surface area contributed by atoms with E-state index in [0.29, 0.717) is 22.6 Å². The predicted molar refractivity (Wildman–Crippen MR) is 97.7 cm³/mol. The van der Waals surface area contributed by atoms with Gasteiger partial charge in [0, 0.05) is 22.6 Å². The molecule has 2 N–H and O–H groups in total. The Hall–Kier alpha value is -2.79. The fraction of sp³-hybridized carbons (Fsp3) is 0.158. The van der Waals surface area contributed by atoms with Crippen LogP contribution in [-0.4, -0.2) is 15.6 Å². The van der Waals surface area contributed by atoms with Crippen LogP contribution in [0.15, 0.2) is 41.2 Å². The number of rotatable bonds is 2. The molecule has 0 atom stereocenters. The fourth-order valence-corrected chi connectivity index (χ4v) is 3.52. The minimum absolute atomic E-state index is 0.235. The van der Waals surface area contributed by atoms with Crippen LogP contribution in [0.3, 0.4) is 0 Å². The van der Waals surface area contributed by atoms with Crippen LogP contribution in [-0.2, 0) is 13.0 Å². The number of amides is 1. The number of hydrogen-bond donors (Lipinski definition) is 2. The molecule has 126 valence electrons. The van der Waals surface area contributed by atoms with Crippen LogP contribution >= 0.6 is 11.6 Å². The van der Waals surface area contributed by atoms with Gasteiger partial charge in [0.1, 0.15) is 11.3 Å². The minimum atomic E-state index is -0.634. The molecule has 1 amide bonds. The van der Waals surface area contributed by atoms with Gasteiger partial charge in [-0.3, -0.25) is 9.59 Å². The van der Waals surface area contributed by atoms with Gasteiger partial charge in [-0.05, 0) is 54.8 Å². The number of pyridine rings is 1. The molecule has 2 aromatic carbocycles. The predicted octanol–water partition coefficient (Wildman–Crippen LogP) is 3.48. The number of anilines is 1. The molecule has 0 saturated carbocycles. The zero-order valence-electron chi connectivity index (χ0n) is 13.5. The van der Waals surface area contributed by atoms with Crippen LogP contribution < -0.4 is 10.9 Å². The number of carbonyl (C=O) groups excluding carboxylic acids is 1. The monoisotopic (exact) mass is 354 g/mol. The third-order valence-corrected chi connectivity index (χ3v) is 4.74. The summed E-state index contributed by atoms with van der Waals surface area (Å²) in [6.45, 7) is 2.44. The SMILES string of the molecule is Cc1cc2c3c(c1)c(O)c(C(=O)Nc1ccc(Cl)cc1)c(=O)n3CC2. The highest BCUT2D eigenvalue weighted by Crippen LogP contribution is 2.33. The van der Waals surface area contributed by atoms with E-state index in [2.05, 4.69) is 5.32 Å². The second-order valence-electron chi connectivity index (χ2n) is 6.21. The van der Waals surface area contributed by atoms with Crippen molar-refractivity contribution in [2.75, 3.05) is 5.32 Å². The first-order valence-electron chi connectivity index (χ1n) is 7.91. The number of aromatic hydroxyl groups is 1. The van der Waals surface area contributed by atoms with Crippen molar-refractivity contribution in [2.24, 2.45) is 0 Å². The maximum atomic E-state index is 12.8. The molecule has 0 fully saturated rings. The van der Waals surface area contributed by atoms with Crippen LogP contribution in [0.4, 0.5) is 5.69 Å². The number of carbonyl (C=O) groups is 1. The number of nitrogens with one attached hydrogen (secondary N) is 1. The Kier molecular flexibility index (Phi) is 3.54.